The molecule has 6 heteroatoms. The molecule has 0 atom stereocenters. The summed E-state index contributed by atoms with van der Waals surface area (Å²) in [6.07, 6.45) is 1.91. The molecular weight excluding hydrogens is 260 g/mol. The number of nitrogens with zero attached hydrogens (tertiary/aromatic N) is 3. The van der Waals surface area contributed by atoms with E-state index in [4.69, 9.17) is 4.74 Å². The molecule has 0 fully saturated rings. The monoisotopic (exact) mass is 270 g/mol. The molecule has 2 rings (SSSR count). The lowest BCUT2D eigenvalue weighted by atomic mass is 10.5. The Morgan fingerprint density at radius 3 is 3.20 bits per heavy atom. The molecule has 0 aliphatic carbocycles. The van der Waals surface area contributed by atoms with Gasteiger partial charge in [0.15, 0.2) is 5.65 Å². The largest absolute Gasteiger partial charge is 0.383 e. The van der Waals surface area contributed by atoms with Crippen molar-refractivity contribution in [2.45, 2.75) is 0 Å². The first-order valence-electron chi connectivity index (χ1n) is 4.54. The van der Waals surface area contributed by atoms with E-state index in [-0.39, 0.29) is 0 Å². The standard InChI is InChI=1S/C9H11BrN4O/c1-15-5-3-11-9-13-12-8-6-7(10)2-4-14(8)9/h2,4,6H,3,5H2,1H3,(H,11,13). The van der Waals surface area contributed by atoms with Crippen molar-refractivity contribution in [3.63, 3.8) is 0 Å². The van der Waals surface area contributed by atoms with Crippen LogP contribution in [0.1, 0.15) is 0 Å². The van der Waals surface area contributed by atoms with Gasteiger partial charge in [-0.05, 0) is 12.1 Å². The second-order valence-electron chi connectivity index (χ2n) is 3.02. The molecule has 5 nitrogen and oxygen atoms in total. The number of nitrogens with one attached hydrogen (secondary N) is 1. The minimum atomic E-state index is 0.644. The topological polar surface area (TPSA) is 51.5 Å². The Morgan fingerprint density at radius 2 is 2.40 bits per heavy atom. The summed E-state index contributed by atoms with van der Waals surface area (Å²) in [6, 6.07) is 3.85. The van der Waals surface area contributed by atoms with Crippen molar-refractivity contribution < 1.29 is 4.74 Å². The lowest BCUT2D eigenvalue weighted by Gasteiger charge is -2.02. The lowest BCUT2D eigenvalue weighted by Crippen LogP contribution is -2.09. The van der Waals surface area contributed by atoms with Gasteiger partial charge in [-0.2, -0.15) is 0 Å². The second kappa shape index (κ2) is 4.59. The SMILES string of the molecule is COCCNc1nnc2cc(Br)ccn12. The average Bonchev–Trinajstić information content (AvgIpc) is 2.61. The fraction of sp³-hybridized carbons (Fsp3) is 0.333. The van der Waals surface area contributed by atoms with Crippen LogP contribution in [-0.2, 0) is 4.74 Å². The highest BCUT2D eigenvalue weighted by Crippen LogP contribution is 2.14. The number of pyridine rings is 1. The minimum Gasteiger partial charge on any atom is -0.383 e. The summed E-state index contributed by atoms with van der Waals surface area (Å²) < 4.78 is 7.82. The van der Waals surface area contributed by atoms with Crippen LogP contribution in [0.4, 0.5) is 5.95 Å². The number of aromatic nitrogens is 3. The first-order valence-corrected chi connectivity index (χ1v) is 5.33. The van der Waals surface area contributed by atoms with Gasteiger partial charge in [0.05, 0.1) is 6.61 Å². The Labute approximate surface area is 95.6 Å². The van der Waals surface area contributed by atoms with Gasteiger partial charge < -0.3 is 10.1 Å². The minimum absolute atomic E-state index is 0.644. The smallest absolute Gasteiger partial charge is 0.229 e. The molecule has 1 N–H and O–H groups in total. The Balaban J connectivity index is 2.21. The highest BCUT2D eigenvalue weighted by molar-refractivity contribution is 9.10. The first kappa shape index (κ1) is 10.4. The fourth-order valence-corrected chi connectivity index (χ4v) is 1.57. The summed E-state index contributed by atoms with van der Waals surface area (Å²) in [5.74, 6) is 0.731. The quantitative estimate of drug-likeness (QED) is 0.857. The summed E-state index contributed by atoms with van der Waals surface area (Å²) in [5.41, 5.74) is 0.810. The zero-order valence-corrected chi connectivity index (χ0v) is 9.86. The summed E-state index contributed by atoms with van der Waals surface area (Å²) >= 11 is 3.38. The van der Waals surface area contributed by atoms with Crippen molar-refractivity contribution in [2.24, 2.45) is 0 Å². The molecule has 0 saturated heterocycles. The van der Waals surface area contributed by atoms with Crippen LogP contribution in [0.3, 0.4) is 0 Å². The lowest BCUT2D eigenvalue weighted by molar-refractivity contribution is 0.210. The summed E-state index contributed by atoms with van der Waals surface area (Å²) in [5, 5.41) is 11.2. The molecule has 0 spiro atoms. The molecule has 0 aliphatic rings. The molecule has 0 radical (unpaired) electrons. The van der Waals surface area contributed by atoms with E-state index in [1.807, 2.05) is 22.7 Å². The maximum Gasteiger partial charge on any atom is 0.229 e. The third-order valence-corrected chi connectivity index (χ3v) is 2.45. The predicted octanol–water partition coefficient (Wildman–Crippen LogP) is 1.55. The van der Waals surface area contributed by atoms with E-state index < -0.39 is 0 Å². The summed E-state index contributed by atoms with van der Waals surface area (Å²) in [6.45, 7) is 1.36. The van der Waals surface area contributed by atoms with Gasteiger partial charge in [-0.1, -0.05) is 15.9 Å². The molecule has 0 amide bonds. The van der Waals surface area contributed by atoms with Crippen molar-refractivity contribution in [1.29, 1.82) is 0 Å². The van der Waals surface area contributed by atoms with Crippen LogP contribution in [0.5, 0.6) is 0 Å². The van der Waals surface area contributed by atoms with Crippen molar-refractivity contribution >= 4 is 27.5 Å². The van der Waals surface area contributed by atoms with E-state index in [0.717, 1.165) is 16.1 Å². The zero-order valence-electron chi connectivity index (χ0n) is 8.27. The number of rotatable bonds is 4. The van der Waals surface area contributed by atoms with Gasteiger partial charge in [0.2, 0.25) is 5.95 Å². The third-order valence-electron chi connectivity index (χ3n) is 1.96. The highest BCUT2D eigenvalue weighted by Gasteiger charge is 2.03. The Hall–Kier alpha value is -1.14. The van der Waals surface area contributed by atoms with Crippen LogP contribution >= 0.6 is 15.9 Å². The average molecular weight is 271 g/mol. The van der Waals surface area contributed by atoms with E-state index in [1.165, 1.54) is 0 Å². The van der Waals surface area contributed by atoms with Crippen LogP contribution < -0.4 is 5.32 Å². The van der Waals surface area contributed by atoms with Crippen molar-refractivity contribution in [1.82, 2.24) is 14.6 Å². The van der Waals surface area contributed by atoms with Crippen LogP contribution in [0, 0.1) is 0 Å². The molecule has 0 unspecified atom stereocenters. The third kappa shape index (κ3) is 2.27. The number of hydrogen-bond acceptors (Lipinski definition) is 4. The predicted molar refractivity (Wildman–Crippen MR) is 61.1 cm³/mol. The van der Waals surface area contributed by atoms with Gasteiger partial charge in [-0.25, -0.2) is 0 Å². The Bertz CT molecular complexity index is 456. The zero-order chi connectivity index (χ0) is 10.7. The van der Waals surface area contributed by atoms with Gasteiger partial charge in [-0.15, -0.1) is 10.2 Å². The van der Waals surface area contributed by atoms with Gasteiger partial charge in [0.1, 0.15) is 0 Å². The van der Waals surface area contributed by atoms with Gasteiger partial charge in [0, 0.05) is 24.3 Å². The van der Waals surface area contributed by atoms with Crippen LogP contribution in [-0.4, -0.2) is 34.9 Å². The van der Waals surface area contributed by atoms with Crippen LogP contribution in [0.25, 0.3) is 5.65 Å². The molecule has 2 aromatic heterocycles. The van der Waals surface area contributed by atoms with E-state index in [9.17, 15) is 0 Å². The Kier molecular flexibility index (Phi) is 3.17. The maximum atomic E-state index is 4.94. The molecule has 2 heterocycles. The first-order chi connectivity index (χ1) is 7.31. The summed E-state index contributed by atoms with van der Waals surface area (Å²) in [7, 11) is 1.67. The fourth-order valence-electron chi connectivity index (χ4n) is 1.25. The number of anilines is 1. The molecule has 0 aliphatic heterocycles. The van der Waals surface area contributed by atoms with Gasteiger partial charge in [0.25, 0.3) is 0 Å². The van der Waals surface area contributed by atoms with Gasteiger partial charge >= 0.3 is 0 Å². The van der Waals surface area contributed by atoms with Crippen LogP contribution in [0.2, 0.25) is 0 Å². The van der Waals surface area contributed by atoms with Crippen LogP contribution in [0.15, 0.2) is 22.8 Å². The van der Waals surface area contributed by atoms with E-state index in [1.54, 1.807) is 7.11 Å². The molecule has 80 valence electrons. The normalized spacial score (nSPS) is 10.8. The van der Waals surface area contributed by atoms with Crippen molar-refractivity contribution in [2.75, 3.05) is 25.6 Å². The summed E-state index contributed by atoms with van der Waals surface area (Å²) in [4.78, 5) is 0. The van der Waals surface area contributed by atoms with Gasteiger partial charge in [-0.3, -0.25) is 4.40 Å². The molecular formula is C9H11BrN4O. The molecule has 2 aromatic rings. The van der Waals surface area contributed by atoms with E-state index in [2.05, 4.69) is 31.4 Å². The highest BCUT2D eigenvalue weighted by atomic mass is 79.9. The number of fused-ring (bicyclic) bond motifs is 1. The number of methoxy groups -OCH3 is 1. The number of halogens is 1. The molecule has 0 saturated carbocycles. The molecule has 0 bridgehead atoms. The van der Waals surface area contributed by atoms with Crippen molar-refractivity contribution in [3.05, 3.63) is 22.8 Å². The number of ether oxygens (including phenoxy) is 1. The van der Waals surface area contributed by atoms with Crippen molar-refractivity contribution in [3.8, 4) is 0 Å². The second-order valence-corrected chi connectivity index (χ2v) is 3.93. The molecule has 15 heavy (non-hydrogen) atoms. The van der Waals surface area contributed by atoms with E-state index in [0.29, 0.717) is 13.2 Å². The Morgan fingerprint density at radius 1 is 1.53 bits per heavy atom. The van der Waals surface area contributed by atoms with E-state index >= 15 is 0 Å². The number of hydrogen-bond donors (Lipinski definition) is 1. The maximum absolute atomic E-state index is 4.94. The molecule has 0 aromatic carbocycles.